The molecule has 110 valence electrons. The van der Waals surface area contributed by atoms with Gasteiger partial charge in [0.05, 0.1) is 12.3 Å². The average molecular weight is 288 g/mol. The van der Waals surface area contributed by atoms with Gasteiger partial charge in [-0.3, -0.25) is 0 Å². The first-order valence-corrected chi connectivity index (χ1v) is 7.01. The first kappa shape index (κ1) is 13.8. The number of aromatic nitrogens is 1. The zero-order chi connectivity index (χ0) is 14.7. The highest BCUT2D eigenvalue weighted by atomic mass is 19.1. The topological polar surface area (TPSA) is 43.4 Å². The van der Waals surface area contributed by atoms with Crippen LogP contribution in [0.25, 0.3) is 11.1 Å². The van der Waals surface area contributed by atoms with Crippen LogP contribution < -0.4 is 10.1 Å². The van der Waals surface area contributed by atoms with Crippen LogP contribution in [-0.2, 0) is 11.3 Å². The maximum absolute atomic E-state index is 14.1. The third-order valence-electron chi connectivity index (χ3n) is 3.36. The number of benzene rings is 1. The number of halogens is 1. The zero-order valence-corrected chi connectivity index (χ0v) is 11.9. The largest absolute Gasteiger partial charge is 0.474 e. The molecular formula is C16H17FN2O2. The molecular weight excluding hydrogens is 271 g/mol. The molecule has 21 heavy (non-hydrogen) atoms. The van der Waals surface area contributed by atoms with E-state index in [9.17, 15) is 4.39 Å². The van der Waals surface area contributed by atoms with Gasteiger partial charge in [0.25, 0.3) is 0 Å². The molecule has 0 atom stereocenters. The summed E-state index contributed by atoms with van der Waals surface area (Å²) in [6.45, 7) is 4.11. The minimum absolute atomic E-state index is 0.261. The second-order valence-corrected chi connectivity index (χ2v) is 4.80. The van der Waals surface area contributed by atoms with Crippen LogP contribution in [0.4, 0.5) is 10.1 Å². The van der Waals surface area contributed by atoms with Gasteiger partial charge >= 0.3 is 0 Å². The fourth-order valence-electron chi connectivity index (χ4n) is 2.24. The van der Waals surface area contributed by atoms with Crippen molar-refractivity contribution in [3.05, 3.63) is 41.8 Å². The minimum atomic E-state index is -0.261. The van der Waals surface area contributed by atoms with Crippen molar-refractivity contribution in [3.63, 3.8) is 0 Å². The molecule has 0 unspecified atom stereocenters. The minimum Gasteiger partial charge on any atom is -0.474 e. The molecule has 0 radical (unpaired) electrons. The number of fused-ring (bicyclic) bond motifs is 1. The summed E-state index contributed by atoms with van der Waals surface area (Å²) in [5.41, 5.74) is 3.05. The summed E-state index contributed by atoms with van der Waals surface area (Å²) in [6, 6.07) is 7.08. The molecule has 0 saturated carbocycles. The van der Waals surface area contributed by atoms with Gasteiger partial charge in [-0.25, -0.2) is 9.37 Å². The van der Waals surface area contributed by atoms with Crippen LogP contribution >= 0.6 is 0 Å². The summed E-state index contributed by atoms with van der Waals surface area (Å²) in [4.78, 5) is 4.27. The van der Waals surface area contributed by atoms with E-state index in [0.29, 0.717) is 31.3 Å². The Morgan fingerprint density at radius 1 is 1.33 bits per heavy atom. The summed E-state index contributed by atoms with van der Waals surface area (Å²) < 4.78 is 24.7. The van der Waals surface area contributed by atoms with Crippen molar-refractivity contribution in [3.8, 4) is 17.0 Å². The van der Waals surface area contributed by atoms with Crippen molar-refractivity contribution >= 4 is 5.69 Å². The normalized spacial score (nSPS) is 13.2. The molecule has 1 aromatic carbocycles. The molecule has 0 saturated heterocycles. The van der Waals surface area contributed by atoms with Crippen molar-refractivity contribution in [2.75, 3.05) is 25.1 Å². The Morgan fingerprint density at radius 3 is 3.05 bits per heavy atom. The van der Waals surface area contributed by atoms with Crippen LogP contribution in [0.15, 0.2) is 30.5 Å². The van der Waals surface area contributed by atoms with Gasteiger partial charge in [0.1, 0.15) is 12.4 Å². The van der Waals surface area contributed by atoms with Gasteiger partial charge in [0, 0.05) is 30.5 Å². The predicted molar refractivity (Wildman–Crippen MR) is 78.9 cm³/mol. The first-order valence-electron chi connectivity index (χ1n) is 7.01. The lowest BCUT2D eigenvalue weighted by molar-refractivity contribution is 0.131. The van der Waals surface area contributed by atoms with E-state index in [2.05, 4.69) is 10.3 Å². The van der Waals surface area contributed by atoms with Crippen molar-refractivity contribution in [1.82, 2.24) is 4.98 Å². The van der Waals surface area contributed by atoms with Crippen molar-refractivity contribution in [2.45, 2.75) is 13.5 Å². The van der Waals surface area contributed by atoms with E-state index >= 15 is 0 Å². The number of pyridine rings is 1. The molecule has 1 aliphatic heterocycles. The molecule has 0 amide bonds. The van der Waals surface area contributed by atoms with Crippen LogP contribution in [0.5, 0.6) is 5.88 Å². The lowest BCUT2D eigenvalue weighted by Crippen LogP contribution is -2.18. The molecule has 1 aromatic heterocycles. The fraction of sp³-hybridized carbons (Fsp3) is 0.312. The molecule has 0 bridgehead atoms. The third kappa shape index (κ3) is 2.97. The molecule has 0 aliphatic carbocycles. The highest BCUT2D eigenvalue weighted by Gasteiger charge is 2.13. The molecule has 2 heterocycles. The molecule has 1 N–H and O–H groups in total. The highest BCUT2D eigenvalue weighted by molar-refractivity contribution is 5.70. The Hall–Kier alpha value is -2.14. The van der Waals surface area contributed by atoms with Gasteiger partial charge in [-0.2, -0.15) is 0 Å². The van der Waals surface area contributed by atoms with E-state index in [1.54, 1.807) is 12.3 Å². The summed E-state index contributed by atoms with van der Waals surface area (Å²) in [5, 5.41) is 3.23. The van der Waals surface area contributed by atoms with Gasteiger partial charge in [-0.15, -0.1) is 0 Å². The maximum atomic E-state index is 14.1. The monoisotopic (exact) mass is 288 g/mol. The number of hydrogen-bond acceptors (Lipinski definition) is 4. The van der Waals surface area contributed by atoms with Crippen molar-refractivity contribution in [2.24, 2.45) is 0 Å². The Kier molecular flexibility index (Phi) is 4.01. The van der Waals surface area contributed by atoms with E-state index < -0.39 is 0 Å². The average Bonchev–Trinajstić information content (AvgIpc) is 2.53. The Morgan fingerprint density at radius 2 is 2.24 bits per heavy atom. The lowest BCUT2D eigenvalue weighted by Gasteiger charge is -2.18. The van der Waals surface area contributed by atoms with Gasteiger partial charge < -0.3 is 14.8 Å². The maximum Gasteiger partial charge on any atom is 0.237 e. The Labute approximate surface area is 122 Å². The number of rotatable bonds is 4. The molecule has 5 heteroatoms. The summed E-state index contributed by atoms with van der Waals surface area (Å²) in [6.07, 6.45) is 1.70. The van der Waals surface area contributed by atoms with Gasteiger partial charge in [0.15, 0.2) is 0 Å². The predicted octanol–water partition coefficient (Wildman–Crippen LogP) is 3.23. The summed E-state index contributed by atoms with van der Waals surface area (Å²) >= 11 is 0. The van der Waals surface area contributed by atoms with Gasteiger partial charge in [-0.05, 0) is 24.6 Å². The van der Waals surface area contributed by atoms with Crippen LogP contribution in [0.2, 0.25) is 0 Å². The summed E-state index contributed by atoms with van der Waals surface area (Å²) in [7, 11) is 0. The van der Waals surface area contributed by atoms with Gasteiger partial charge in [0.2, 0.25) is 5.88 Å². The quantitative estimate of drug-likeness (QED) is 0.938. The zero-order valence-electron chi connectivity index (χ0n) is 11.9. The Balaban J connectivity index is 1.88. The smallest absolute Gasteiger partial charge is 0.237 e. The molecule has 0 spiro atoms. The van der Waals surface area contributed by atoms with Gasteiger partial charge in [-0.1, -0.05) is 12.1 Å². The number of anilines is 1. The van der Waals surface area contributed by atoms with E-state index in [0.717, 1.165) is 23.4 Å². The number of nitrogens with zero attached hydrogens (tertiary/aromatic N) is 1. The van der Waals surface area contributed by atoms with E-state index in [-0.39, 0.29) is 5.82 Å². The number of ether oxygens (including phenoxy) is 2. The second kappa shape index (κ2) is 6.10. The lowest BCUT2D eigenvalue weighted by atomic mass is 10.0. The SMILES string of the molecule is CCOCc1ccc(-c2cnc3c(c2)NCCO3)cc1F. The number of hydrogen-bond donors (Lipinski definition) is 1. The van der Waals surface area contributed by atoms with E-state index in [4.69, 9.17) is 9.47 Å². The van der Waals surface area contributed by atoms with Crippen LogP contribution in [0, 0.1) is 5.82 Å². The molecule has 0 fully saturated rings. The van der Waals surface area contributed by atoms with Crippen LogP contribution in [0.1, 0.15) is 12.5 Å². The number of nitrogens with one attached hydrogen (secondary N) is 1. The Bertz CT molecular complexity index is 646. The van der Waals surface area contributed by atoms with E-state index in [1.165, 1.54) is 6.07 Å². The van der Waals surface area contributed by atoms with E-state index in [1.807, 2.05) is 19.1 Å². The standard InChI is InChI=1S/C16H17FN2O2/c1-2-20-10-12-4-3-11(7-14(12)17)13-8-15-16(19-9-13)21-6-5-18-15/h3-4,7-9,18H,2,5-6,10H2,1H3. The third-order valence-corrected chi connectivity index (χ3v) is 3.36. The first-order chi connectivity index (χ1) is 10.3. The van der Waals surface area contributed by atoms with Crippen molar-refractivity contribution < 1.29 is 13.9 Å². The molecule has 1 aliphatic rings. The fourth-order valence-corrected chi connectivity index (χ4v) is 2.24. The highest BCUT2D eigenvalue weighted by Crippen LogP contribution is 2.30. The molecule has 4 nitrogen and oxygen atoms in total. The second-order valence-electron chi connectivity index (χ2n) is 4.80. The van der Waals surface area contributed by atoms with Crippen molar-refractivity contribution in [1.29, 1.82) is 0 Å². The van der Waals surface area contributed by atoms with Crippen LogP contribution in [-0.4, -0.2) is 24.7 Å². The summed E-state index contributed by atoms with van der Waals surface area (Å²) in [5.74, 6) is 0.335. The molecule has 3 rings (SSSR count). The van der Waals surface area contributed by atoms with Crippen LogP contribution in [0.3, 0.4) is 0 Å². The molecule has 2 aromatic rings.